The number of carbonyl (C=O) groups excluding carboxylic acids is 1. The molecule has 34 heavy (non-hydrogen) atoms. The average Bonchev–Trinajstić information content (AvgIpc) is 2.86. The van der Waals surface area contributed by atoms with E-state index in [1.165, 1.54) is 29.7 Å². The van der Waals surface area contributed by atoms with Crippen molar-refractivity contribution in [1.82, 2.24) is 10.3 Å². The van der Waals surface area contributed by atoms with E-state index in [2.05, 4.69) is 23.5 Å². The molecule has 2 aliphatic rings. The van der Waals surface area contributed by atoms with Crippen molar-refractivity contribution in [2.75, 3.05) is 13.2 Å². The van der Waals surface area contributed by atoms with Gasteiger partial charge in [-0.1, -0.05) is 18.2 Å². The number of aromatic nitrogens is 1. The number of fused-ring (bicyclic) bond motifs is 2. The predicted octanol–water partition coefficient (Wildman–Crippen LogP) is 4.45. The van der Waals surface area contributed by atoms with Crippen LogP contribution in [0.15, 0.2) is 30.3 Å². The molecule has 0 fully saturated rings. The monoisotopic (exact) mass is 464 g/mol. The quantitative estimate of drug-likeness (QED) is 0.480. The fourth-order valence-electron chi connectivity index (χ4n) is 5.07. The molecule has 1 aromatic heterocycles. The van der Waals surface area contributed by atoms with Gasteiger partial charge in [-0.05, 0) is 99.5 Å². The summed E-state index contributed by atoms with van der Waals surface area (Å²) in [6.07, 6.45) is 11.9. The number of amides is 1. The van der Waals surface area contributed by atoms with E-state index >= 15 is 0 Å². The lowest BCUT2D eigenvalue weighted by molar-refractivity contribution is -0.139. The summed E-state index contributed by atoms with van der Waals surface area (Å²) in [5.74, 6) is -1.33. The molecule has 0 radical (unpaired) electrons. The van der Waals surface area contributed by atoms with E-state index in [0.29, 0.717) is 18.8 Å². The SMILES string of the molecule is O=C(N[C@@H](CCOCCCCc1ccc2c(n1)CCCC2)C(=O)O)c1cccc2c1CCCC2. The lowest BCUT2D eigenvalue weighted by atomic mass is 9.88. The van der Waals surface area contributed by atoms with Crippen molar-refractivity contribution in [1.29, 1.82) is 0 Å². The first-order chi connectivity index (χ1) is 16.6. The topological polar surface area (TPSA) is 88.5 Å². The summed E-state index contributed by atoms with van der Waals surface area (Å²) in [6, 6.07) is 9.18. The third-order valence-electron chi connectivity index (χ3n) is 7.00. The van der Waals surface area contributed by atoms with Crippen LogP contribution in [0.4, 0.5) is 0 Å². The maximum Gasteiger partial charge on any atom is 0.326 e. The molecule has 0 saturated heterocycles. The highest BCUT2D eigenvalue weighted by Crippen LogP contribution is 2.24. The van der Waals surface area contributed by atoms with Crippen LogP contribution >= 0.6 is 0 Å². The zero-order chi connectivity index (χ0) is 23.8. The normalized spacial score (nSPS) is 15.8. The minimum atomic E-state index is -1.03. The van der Waals surface area contributed by atoms with Crippen molar-refractivity contribution in [2.45, 2.75) is 83.1 Å². The van der Waals surface area contributed by atoms with E-state index in [4.69, 9.17) is 9.72 Å². The maximum atomic E-state index is 12.8. The Balaban J connectivity index is 1.17. The maximum absolute atomic E-state index is 12.8. The summed E-state index contributed by atoms with van der Waals surface area (Å²) in [6.45, 7) is 0.888. The third-order valence-corrected chi connectivity index (χ3v) is 7.00. The number of nitrogens with one attached hydrogen (secondary N) is 1. The Kier molecular flexibility index (Phi) is 8.69. The van der Waals surface area contributed by atoms with Crippen LogP contribution in [0.2, 0.25) is 0 Å². The predicted molar refractivity (Wildman–Crippen MR) is 131 cm³/mol. The van der Waals surface area contributed by atoms with Gasteiger partial charge in [0.05, 0.1) is 0 Å². The Labute approximate surface area is 202 Å². The second kappa shape index (κ2) is 12.1. The number of nitrogens with zero attached hydrogens (tertiary/aromatic N) is 1. The molecule has 0 saturated carbocycles. The Hall–Kier alpha value is -2.73. The molecule has 4 rings (SSSR count). The van der Waals surface area contributed by atoms with Crippen LogP contribution in [-0.2, 0) is 41.6 Å². The summed E-state index contributed by atoms with van der Waals surface area (Å²) in [7, 11) is 0. The summed E-state index contributed by atoms with van der Waals surface area (Å²) >= 11 is 0. The van der Waals surface area contributed by atoms with Gasteiger partial charge < -0.3 is 15.2 Å². The molecule has 1 amide bonds. The van der Waals surface area contributed by atoms with Crippen molar-refractivity contribution in [3.05, 3.63) is 64.0 Å². The van der Waals surface area contributed by atoms with Crippen molar-refractivity contribution < 1.29 is 19.4 Å². The summed E-state index contributed by atoms with van der Waals surface area (Å²) in [4.78, 5) is 29.3. The molecule has 0 aliphatic heterocycles. The molecule has 1 atom stereocenters. The highest BCUT2D eigenvalue weighted by molar-refractivity contribution is 5.98. The minimum absolute atomic E-state index is 0.252. The molecule has 6 nitrogen and oxygen atoms in total. The van der Waals surface area contributed by atoms with Gasteiger partial charge in [0.1, 0.15) is 6.04 Å². The van der Waals surface area contributed by atoms with Gasteiger partial charge in [0, 0.05) is 36.6 Å². The molecular formula is C28H36N2O4. The van der Waals surface area contributed by atoms with Crippen LogP contribution < -0.4 is 5.32 Å². The second-order valence-corrected chi connectivity index (χ2v) is 9.49. The zero-order valence-electron chi connectivity index (χ0n) is 20.0. The van der Waals surface area contributed by atoms with Gasteiger partial charge in [0.25, 0.3) is 5.91 Å². The lowest BCUT2D eigenvalue weighted by Gasteiger charge is -2.20. The molecule has 1 heterocycles. The third kappa shape index (κ3) is 6.44. The molecule has 0 bridgehead atoms. The van der Waals surface area contributed by atoms with E-state index in [-0.39, 0.29) is 12.3 Å². The van der Waals surface area contributed by atoms with Gasteiger partial charge in [0.2, 0.25) is 0 Å². The Morgan fingerprint density at radius 3 is 2.59 bits per heavy atom. The Morgan fingerprint density at radius 2 is 1.74 bits per heavy atom. The first-order valence-corrected chi connectivity index (χ1v) is 12.8. The first-order valence-electron chi connectivity index (χ1n) is 12.8. The van der Waals surface area contributed by atoms with E-state index in [0.717, 1.165) is 69.0 Å². The van der Waals surface area contributed by atoms with Crippen LogP contribution in [0.25, 0.3) is 0 Å². The number of carboxylic acids is 1. The van der Waals surface area contributed by atoms with E-state index in [1.807, 2.05) is 6.07 Å². The highest BCUT2D eigenvalue weighted by atomic mass is 16.5. The summed E-state index contributed by atoms with van der Waals surface area (Å²) in [5, 5.41) is 12.3. The number of unbranched alkanes of at least 4 members (excludes halogenated alkanes) is 1. The molecule has 2 aromatic rings. The molecular weight excluding hydrogens is 428 g/mol. The molecule has 182 valence electrons. The number of hydrogen-bond acceptors (Lipinski definition) is 4. The molecule has 2 aliphatic carbocycles. The van der Waals surface area contributed by atoms with Gasteiger partial charge >= 0.3 is 5.97 Å². The van der Waals surface area contributed by atoms with Crippen LogP contribution in [0, 0.1) is 0 Å². The number of carbonyl (C=O) groups is 2. The summed E-state index contributed by atoms with van der Waals surface area (Å²) in [5.41, 5.74) is 6.72. The number of aliphatic carboxylic acids is 1. The summed E-state index contributed by atoms with van der Waals surface area (Å²) < 4.78 is 5.69. The Morgan fingerprint density at radius 1 is 0.941 bits per heavy atom. The molecule has 2 N–H and O–H groups in total. The number of benzene rings is 1. The van der Waals surface area contributed by atoms with Gasteiger partial charge in [-0.15, -0.1) is 0 Å². The molecule has 6 heteroatoms. The lowest BCUT2D eigenvalue weighted by Crippen LogP contribution is -2.42. The number of pyridine rings is 1. The van der Waals surface area contributed by atoms with Crippen molar-refractivity contribution in [3.8, 4) is 0 Å². The van der Waals surface area contributed by atoms with E-state index in [9.17, 15) is 14.7 Å². The van der Waals surface area contributed by atoms with Crippen LogP contribution in [0.1, 0.15) is 83.4 Å². The van der Waals surface area contributed by atoms with Crippen LogP contribution in [0.3, 0.4) is 0 Å². The standard InChI is InChI=1S/C28H36N2O4/c31-27(24-13-7-10-20-8-1-3-12-23(20)24)30-26(28(32)33)17-19-34-18-6-5-11-22-16-15-21-9-2-4-14-25(21)29-22/h7,10,13,15-16,26H,1-6,8-9,11-12,14,17-19H2,(H,30,31)(H,32,33)/t26-/m0/s1. The van der Waals surface area contributed by atoms with Gasteiger partial charge in [0.15, 0.2) is 0 Å². The molecule has 1 aromatic carbocycles. The van der Waals surface area contributed by atoms with Crippen LogP contribution in [-0.4, -0.2) is 41.2 Å². The zero-order valence-corrected chi connectivity index (χ0v) is 20.0. The van der Waals surface area contributed by atoms with E-state index in [1.54, 1.807) is 6.07 Å². The minimum Gasteiger partial charge on any atom is -0.480 e. The molecule has 0 spiro atoms. The average molecular weight is 465 g/mol. The molecule has 0 unspecified atom stereocenters. The largest absolute Gasteiger partial charge is 0.480 e. The Bertz CT molecular complexity index is 1000. The van der Waals surface area contributed by atoms with Gasteiger partial charge in [-0.2, -0.15) is 0 Å². The highest BCUT2D eigenvalue weighted by Gasteiger charge is 2.23. The first kappa shape index (κ1) is 24.4. The number of carboxylic acid groups (broad SMARTS) is 1. The number of aryl methyl sites for hydroxylation is 4. The number of hydrogen-bond donors (Lipinski definition) is 2. The van der Waals surface area contributed by atoms with Gasteiger partial charge in [-0.3, -0.25) is 9.78 Å². The van der Waals surface area contributed by atoms with Gasteiger partial charge in [-0.25, -0.2) is 4.79 Å². The fourth-order valence-corrected chi connectivity index (χ4v) is 5.07. The van der Waals surface area contributed by atoms with Crippen molar-refractivity contribution >= 4 is 11.9 Å². The van der Waals surface area contributed by atoms with Crippen molar-refractivity contribution in [2.24, 2.45) is 0 Å². The number of rotatable bonds is 11. The number of ether oxygens (including phenoxy) is 1. The second-order valence-electron chi connectivity index (χ2n) is 9.49. The smallest absolute Gasteiger partial charge is 0.326 e. The fraction of sp³-hybridized carbons (Fsp3) is 0.536. The van der Waals surface area contributed by atoms with Crippen LogP contribution in [0.5, 0.6) is 0 Å². The van der Waals surface area contributed by atoms with E-state index < -0.39 is 12.0 Å². The van der Waals surface area contributed by atoms with Crippen molar-refractivity contribution in [3.63, 3.8) is 0 Å².